The summed E-state index contributed by atoms with van der Waals surface area (Å²) in [6, 6.07) is 8.06. The third-order valence-electron chi connectivity index (χ3n) is 4.34. The van der Waals surface area contributed by atoms with Crippen molar-refractivity contribution in [2.24, 2.45) is 0 Å². The van der Waals surface area contributed by atoms with Crippen molar-refractivity contribution < 1.29 is 18.9 Å². The smallest absolute Gasteiger partial charge is 0.203 e. The predicted molar refractivity (Wildman–Crippen MR) is 122 cm³/mol. The summed E-state index contributed by atoms with van der Waals surface area (Å²) in [5.74, 6) is 2.77. The first-order chi connectivity index (χ1) is 13.1. The number of rotatable bonds is 7. The fourth-order valence-corrected chi connectivity index (χ4v) is 3.88. The van der Waals surface area contributed by atoms with Gasteiger partial charge < -0.3 is 18.9 Å². The van der Waals surface area contributed by atoms with Gasteiger partial charge in [0.05, 0.1) is 31.5 Å². The zero-order valence-corrected chi connectivity index (χ0v) is 19.2. The maximum atomic E-state index is 5.71. The molecule has 2 aromatic carbocycles. The molecule has 0 bridgehead atoms. The summed E-state index contributed by atoms with van der Waals surface area (Å²) < 4.78 is 23.1. The SMILES string of the molecule is CCOc1ccc2c(Cc3cc(OC)c(OC)c(OC)c3)cncc2c1I.Cl. The molecule has 1 heterocycles. The molecule has 150 valence electrons. The van der Waals surface area contributed by atoms with E-state index in [1.807, 2.05) is 37.5 Å². The van der Waals surface area contributed by atoms with E-state index >= 15 is 0 Å². The van der Waals surface area contributed by atoms with Crippen molar-refractivity contribution >= 4 is 45.8 Å². The Balaban J connectivity index is 0.00000280. The molecule has 5 nitrogen and oxygen atoms in total. The summed E-state index contributed by atoms with van der Waals surface area (Å²) in [4.78, 5) is 4.44. The molecule has 0 aliphatic heterocycles. The van der Waals surface area contributed by atoms with E-state index < -0.39 is 0 Å². The minimum Gasteiger partial charge on any atom is -0.493 e. The Morgan fingerprint density at radius 1 is 0.893 bits per heavy atom. The molecule has 0 saturated heterocycles. The monoisotopic (exact) mass is 515 g/mol. The fraction of sp³-hybridized carbons (Fsp3) is 0.286. The van der Waals surface area contributed by atoms with Crippen LogP contribution in [0.3, 0.4) is 0 Å². The van der Waals surface area contributed by atoms with Gasteiger partial charge in [-0.3, -0.25) is 4.98 Å². The van der Waals surface area contributed by atoms with Gasteiger partial charge in [0.15, 0.2) is 11.5 Å². The van der Waals surface area contributed by atoms with E-state index in [2.05, 4.69) is 33.6 Å². The number of benzene rings is 2. The van der Waals surface area contributed by atoms with Gasteiger partial charge in [0.1, 0.15) is 5.75 Å². The van der Waals surface area contributed by atoms with Gasteiger partial charge in [-0.15, -0.1) is 12.4 Å². The number of hydrogen-bond donors (Lipinski definition) is 0. The maximum Gasteiger partial charge on any atom is 0.203 e. The summed E-state index contributed by atoms with van der Waals surface area (Å²) in [7, 11) is 4.85. The molecule has 0 aliphatic rings. The van der Waals surface area contributed by atoms with Gasteiger partial charge in [0.2, 0.25) is 5.75 Å². The van der Waals surface area contributed by atoms with Gasteiger partial charge in [-0.05, 0) is 70.6 Å². The average Bonchev–Trinajstić information content (AvgIpc) is 2.69. The van der Waals surface area contributed by atoms with E-state index in [4.69, 9.17) is 18.9 Å². The van der Waals surface area contributed by atoms with Crippen LogP contribution in [0.4, 0.5) is 0 Å². The van der Waals surface area contributed by atoms with Crippen molar-refractivity contribution in [3.63, 3.8) is 0 Å². The van der Waals surface area contributed by atoms with Crippen LogP contribution < -0.4 is 18.9 Å². The maximum absolute atomic E-state index is 5.71. The lowest BCUT2D eigenvalue weighted by molar-refractivity contribution is 0.324. The van der Waals surface area contributed by atoms with Crippen molar-refractivity contribution in [1.29, 1.82) is 0 Å². The van der Waals surface area contributed by atoms with Gasteiger partial charge in [0.25, 0.3) is 0 Å². The van der Waals surface area contributed by atoms with Gasteiger partial charge in [0, 0.05) is 17.8 Å². The summed E-state index contributed by atoms with van der Waals surface area (Å²) in [6.45, 7) is 2.62. The topological polar surface area (TPSA) is 49.8 Å². The third kappa shape index (κ3) is 4.38. The fourth-order valence-electron chi connectivity index (χ4n) is 3.12. The van der Waals surface area contributed by atoms with Gasteiger partial charge in [-0.25, -0.2) is 0 Å². The van der Waals surface area contributed by atoms with Crippen molar-refractivity contribution in [2.75, 3.05) is 27.9 Å². The van der Waals surface area contributed by atoms with E-state index in [9.17, 15) is 0 Å². The number of fused-ring (bicyclic) bond motifs is 1. The second-order valence-corrected chi connectivity index (χ2v) is 6.99. The zero-order chi connectivity index (χ0) is 19.4. The van der Waals surface area contributed by atoms with E-state index in [0.717, 1.165) is 31.2 Å². The molecule has 0 amide bonds. The number of aromatic nitrogens is 1. The van der Waals surface area contributed by atoms with Crippen molar-refractivity contribution in [1.82, 2.24) is 4.98 Å². The largest absolute Gasteiger partial charge is 0.493 e. The number of nitrogens with zero attached hydrogens (tertiary/aromatic N) is 1. The van der Waals surface area contributed by atoms with Gasteiger partial charge >= 0.3 is 0 Å². The van der Waals surface area contributed by atoms with Crippen molar-refractivity contribution in [2.45, 2.75) is 13.3 Å². The Morgan fingerprint density at radius 3 is 2.14 bits per heavy atom. The van der Waals surface area contributed by atoms with Crippen LogP contribution in [-0.4, -0.2) is 32.9 Å². The standard InChI is InChI=1S/C21H22INO4.ClH/c1-5-27-17-7-6-15-14(11-23-12-16(15)20(17)22)8-13-9-18(24-2)21(26-4)19(10-13)25-3;/h6-7,9-12H,5,8H2,1-4H3;1H. The van der Waals surface area contributed by atoms with E-state index in [1.165, 1.54) is 0 Å². The molecule has 0 spiro atoms. The van der Waals surface area contributed by atoms with Crippen molar-refractivity contribution in [3.05, 3.63) is 51.4 Å². The molecule has 0 fully saturated rings. The molecule has 0 N–H and O–H groups in total. The highest BCUT2D eigenvalue weighted by Crippen LogP contribution is 2.39. The van der Waals surface area contributed by atoms with E-state index in [1.54, 1.807) is 21.3 Å². The van der Waals surface area contributed by atoms with Crippen LogP contribution in [0.25, 0.3) is 10.8 Å². The van der Waals surface area contributed by atoms with Crippen LogP contribution in [0.5, 0.6) is 23.0 Å². The Hall–Kier alpha value is -1.93. The summed E-state index contributed by atoms with van der Waals surface area (Å²) >= 11 is 2.32. The minimum atomic E-state index is 0. The first-order valence-corrected chi connectivity index (χ1v) is 9.67. The molecule has 0 radical (unpaired) electrons. The zero-order valence-electron chi connectivity index (χ0n) is 16.2. The van der Waals surface area contributed by atoms with Crippen LogP contribution in [0.15, 0.2) is 36.7 Å². The van der Waals surface area contributed by atoms with Crippen LogP contribution in [0.2, 0.25) is 0 Å². The number of methoxy groups -OCH3 is 3. The average molecular weight is 516 g/mol. The molecule has 3 aromatic rings. The lowest BCUT2D eigenvalue weighted by atomic mass is 10.00. The molecule has 7 heteroatoms. The lowest BCUT2D eigenvalue weighted by Gasteiger charge is -2.15. The summed E-state index contributed by atoms with van der Waals surface area (Å²) in [5.41, 5.74) is 2.19. The number of ether oxygens (including phenoxy) is 4. The predicted octanol–water partition coefficient (Wildman–Crippen LogP) is 5.28. The minimum absolute atomic E-state index is 0. The normalized spacial score (nSPS) is 10.3. The highest BCUT2D eigenvalue weighted by atomic mass is 127. The molecule has 3 rings (SSSR count). The molecule has 0 saturated carbocycles. The Kier molecular flexibility index (Phi) is 8.00. The molecule has 28 heavy (non-hydrogen) atoms. The second kappa shape index (κ2) is 10.0. The third-order valence-corrected chi connectivity index (χ3v) is 5.46. The highest BCUT2D eigenvalue weighted by Gasteiger charge is 2.15. The van der Waals surface area contributed by atoms with Crippen LogP contribution in [0.1, 0.15) is 18.1 Å². The molecule has 0 atom stereocenters. The highest BCUT2D eigenvalue weighted by molar-refractivity contribution is 14.1. The van der Waals surface area contributed by atoms with Gasteiger partial charge in [-0.1, -0.05) is 6.07 Å². The molecular formula is C21H23ClINO4. The Labute approximate surface area is 184 Å². The van der Waals surface area contributed by atoms with Crippen molar-refractivity contribution in [3.8, 4) is 23.0 Å². The molecule has 0 aliphatic carbocycles. The first-order valence-electron chi connectivity index (χ1n) is 8.59. The quantitative estimate of drug-likeness (QED) is 0.401. The van der Waals surface area contributed by atoms with Crippen LogP contribution in [-0.2, 0) is 6.42 Å². The number of halogens is 2. The van der Waals surface area contributed by atoms with Crippen LogP contribution in [0, 0.1) is 3.57 Å². The Bertz CT molecular complexity index is 940. The Morgan fingerprint density at radius 2 is 1.57 bits per heavy atom. The first kappa shape index (κ1) is 22.4. The molecule has 1 aromatic heterocycles. The van der Waals surface area contributed by atoms with Crippen LogP contribution >= 0.6 is 35.0 Å². The molecule has 0 unspecified atom stereocenters. The lowest BCUT2D eigenvalue weighted by Crippen LogP contribution is -1.99. The summed E-state index contributed by atoms with van der Waals surface area (Å²) in [5, 5.41) is 2.25. The number of pyridine rings is 1. The number of hydrogen-bond acceptors (Lipinski definition) is 5. The van der Waals surface area contributed by atoms with E-state index in [0.29, 0.717) is 30.3 Å². The van der Waals surface area contributed by atoms with E-state index in [-0.39, 0.29) is 12.4 Å². The molecular weight excluding hydrogens is 493 g/mol. The second-order valence-electron chi connectivity index (χ2n) is 5.91. The summed E-state index contributed by atoms with van der Waals surface area (Å²) in [6.07, 6.45) is 4.49. The van der Waals surface area contributed by atoms with Gasteiger partial charge in [-0.2, -0.15) is 0 Å².